The second-order valence-corrected chi connectivity index (χ2v) is 6.37. The lowest BCUT2D eigenvalue weighted by Gasteiger charge is -2.25. The van der Waals surface area contributed by atoms with Crippen LogP contribution in [-0.2, 0) is 13.0 Å². The van der Waals surface area contributed by atoms with Gasteiger partial charge in [0, 0.05) is 17.7 Å². The second kappa shape index (κ2) is 6.65. The minimum atomic E-state index is -0.0874. The monoisotopic (exact) mass is 358 g/mol. The predicted molar refractivity (Wildman–Crippen MR) is 103 cm³/mol. The molecule has 2 heterocycles. The smallest absolute Gasteiger partial charge is 0.258 e. The largest absolute Gasteiger partial charge is 0.493 e. The minimum Gasteiger partial charge on any atom is -0.493 e. The molecule has 5 heteroatoms. The van der Waals surface area contributed by atoms with Crippen LogP contribution >= 0.6 is 0 Å². The molecule has 0 bridgehead atoms. The van der Waals surface area contributed by atoms with Crippen LogP contribution in [0.1, 0.15) is 11.1 Å². The van der Waals surface area contributed by atoms with Gasteiger partial charge in [0.05, 0.1) is 25.5 Å². The van der Waals surface area contributed by atoms with E-state index in [1.807, 2.05) is 42.5 Å². The van der Waals surface area contributed by atoms with Gasteiger partial charge in [-0.2, -0.15) is 5.26 Å². The first-order valence-corrected chi connectivity index (χ1v) is 8.66. The van der Waals surface area contributed by atoms with Gasteiger partial charge in [-0.1, -0.05) is 30.3 Å². The highest BCUT2D eigenvalue weighted by molar-refractivity contribution is 5.77. The van der Waals surface area contributed by atoms with Gasteiger partial charge in [-0.25, -0.2) is 0 Å². The molecule has 3 aromatic rings. The minimum absolute atomic E-state index is 0.0874. The van der Waals surface area contributed by atoms with Crippen LogP contribution in [0.3, 0.4) is 0 Å². The third-order valence-corrected chi connectivity index (χ3v) is 4.96. The summed E-state index contributed by atoms with van der Waals surface area (Å²) in [6, 6.07) is 17.2. The Morgan fingerprint density at radius 2 is 1.70 bits per heavy atom. The van der Waals surface area contributed by atoms with Crippen molar-refractivity contribution in [2.45, 2.75) is 13.0 Å². The summed E-state index contributed by atoms with van der Waals surface area (Å²) in [5, 5.41) is 9.79. The number of benzene rings is 2. The Morgan fingerprint density at radius 3 is 2.37 bits per heavy atom. The first kappa shape index (κ1) is 16.9. The van der Waals surface area contributed by atoms with Gasteiger partial charge in [-0.05, 0) is 35.7 Å². The molecule has 1 aliphatic rings. The van der Waals surface area contributed by atoms with Gasteiger partial charge >= 0.3 is 0 Å². The summed E-state index contributed by atoms with van der Waals surface area (Å²) < 4.78 is 12.5. The Kier molecular flexibility index (Phi) is 4.17. The fourth-order valence-corrected chi connectivity index (χ4v) is 3.66. The zero-order valence-corrected chi connectivity index (χ0v) is 15.2. The van der Waals surface area contributed by atoms with Crippen molar-refractivity contribution in [3.63, 3.8) is 0 Å². The summed E-state index contributed by atoms with van der Waals surface area (Å²) in [6.07, 6.45) is 0.686. The van der Waals surface area contributed by atoms with Gasteiger partial charge in [-0.3, -0.25) is 4.79 Å². The van der Waals surface area contributed by atoms with Crippen LogP contribution in [0.5, 0.6) is 11.5 Å². The third kappa shape index (κ3) is 2.67. The molecule has 27 heavy (non-hydrogen) atoms. The summed E-state index contributed by atoms with van der Waals surface area (Å²) in [5.41, 5.74) is 4.26. The average Bonchev–Trinajstić information content (AvgIpc) is 2.73. The molecular weight excluding hydrogens is 340 g/mol. The number of methoxy groups -OCH3 is 2. The van der Waals surface area contributed by atoms with Crippen LogP contribution in [0, 0.1) is 11.3 Å². The first-order chi connectivity index (χ1) is 13.2. The van der Waals surface area contributed by atoms with E-state index >= 15 is 0 Å². The van der Waals surface area contributed by atoms with E-state index in [-0.39, 0.29) is 5.56 Å². The molecule has 134 valence electrons. The highest BCUT2D eigenvalue weighted by Gasteiger charge is 2.25. The van der Waals surface area contributed by atoms with Crippen LogP contribution in [0.25, 0.3) is 22.4 Å². The number of hydrogen-bond donors (Lipinski definition) is 0. The van der Waals surface area contributed by atoms with E-state index in [4.69, 9.17) is 9.47 Å². The third-order valence-electron chi connectivity index (χ3n) is 4.96. The van der Waals surface area contributed by atoms with Gasteiger partial charge in [0.25, 0.3) is 5.56 Å². The van der Waals surface area contributed by atoms with Crippen molar-refractivity contribution in [2.75, 3.05) is 14.2 Å². The molecule has 0 atom stereocenters. The van der Waals surface area contributed by atoms with Crippen molar-refractivity contribution in [2.24, 2.45) is 0 Å². The van der Waals surface area contributed by atoms with E-state index in [9.17, 15) is 10.1 Å². The zero-order chi connectivity index (χ0) is 19.0. The average molecular weight is 358 g/mol. The zero-order valence-electron chi connectivity index (χ0n) is 15.2. The summed E-state index contributed by atoms with van der Waals surface area (Å²) >= 11 is 0. The molecule has 0 aliphatic carbocycles. The second-order valence-electron chi connectivity index (χ2n) is 6.37. The molecule has 1 aromatic heterocycles. The lowest BCUT2D eigenvalue weighted by molar-refractivity contribution is 0.354. The quantitative estimate of drug-likeness (QED) is 0.717. The Bertz CT molecular complexity index is 1130. The van der Waals surface area contributed by atoms with Gasteiger partial charge in [0.1, 0.15) is 6.07 Å². The van der Waals surface area contributed by atoms with Crippen molar-refractivity contribution in [3.05, 3.63) is 70.0 Å². The molecular formula is C22H18N2O3. The standard InChI is InChI=1S/C22H18N2O3/c1-26-19-11-15-8-9-24-21(17(15)12-20(19)27-2)16(13-23)10-18(22(24)25)14-6-4-3-5-7-14/h3-7,10-12H,8-9H2,1-2H3. The van der Waals surface area contributed by atoms with Crippen LogP contribution in [-0.4, -0.2) is 18.8 Å². The van der Waals surface area contributed by atoms with Crippen LogP contribution < -0.4 is 15.0 Å². The number of nitrogens with zero attached hydrogens (tertiary/aromatic N) is 2. The SMILES string of the molecule is COc1cc2c(cc1OC)-c1c(C#N)cc(-c3ccccc3)c(=O)n1CC2. The fraction of sp³-hybridized carbons (Fsp3) is 0.182. The fourth-order valence-electron chi connectivity index (χ4n) is 3.66. The summed E-state index contributed by atoms with van der Waals surface area (Å²) in [6.45, 7) is 0.520. The predicted octanol–water partition coefficient (Wildman–Crippen LogP) is 3.63. The number of pyridine rings is 1. The van der Waals surface area contributed by atoms with E-state index in [1.54, 1.807) is 24.9 Å². The summed E-state index contributed by atoms with van der Waals surface area (Å²) in [5.74, 6) is 1.22. The number of aromatic nitrogens is 1. The molecule has 0 fully saturated rings. The number of ether oxygens (including phenoxy) is 2. The van der Waals surface area contributed by atoms with Crippen molar-refractivity contribution in [1.29, 1.82) is 5.26 Å². The maximum absolute atomic E-state index is 13.2. The normalized spacial score (nSPS) is 11.9. The van der Waals surface area contributed by atoms with E-state index in [1.165, 1.54) is 0 Å². The van der Waals surface area contributed by atoms with Crippen molar-refractivity contribution < 1.29 is 9.47 Å². The summed E-state index contributed by atoms with van der Waals surface area (Å²) in [4.78, 5) is 13.2. The topological polar surface area (TPSA) is 64.2 Å². The molecule has 5 nitrogen and oxygen atoms in total. The lowest BCUT2D eigenvalue weighted by Crippen LogP contribution is -2.28. The molecule has 1 aliphatic heterocycles. The highest BCUT2D eigenvalue weighted by atomic mass is 16.5. The van der Waals surface area contributed by atoms with E-state index in [0.717, 1.165) is 16.7 Å². The number of nitriles is 1. The van der Waals surface area contributed by atoms with Gasteiger partial charge in [0.2, 0.25) is 0 Å². The number of fused-ring (bicyclic) bond motifs is 3. The Labute approximate surface area is 157 Å². The Balaban J connectivity index is 2.01. The molecule has 0 saturated carbocycles. The van der Waals surface area contributed by atoms with Crippen molar-refractivity contribution >= 4 is 0 Å². The molecule has 0 amide bonds. The molecule has 0 radical (unpaired) electrons. The van der Waals surface area contributed by atoms with Gasteiger partial charge in [-0.15, -0.1) is 0 Å². The molecule has 0 N–H and O–H groups in total. The van der Waals surface area contributed by atoms with Crippen molar-refractivity contribution in [3.8, 4) is 40.0 Å². The number of hydrogen-bond acceptors (Lipinski definition) is 4. The van der Waals surface area contributed by atoms with Crippen LogP contribution in [0.15, 0.2) is 53.3 Å². The molecule has 0 unspecified atom stereocenters. The first-order valence-electron chi connectivity index (χ1n) is 8.66. The lowest BCUT2D eigenvalue weighted by atomic mass is 9.92. The van der Waals surface area contributed by atoms with Crippen LogP contribution in [0.4, 0.5) is 0 Å². The van der Waals surface area contributed by atoms with Gasteiger partial charge < -0.3 is 14.0 Å². The highest BCUT2D eigenvalue weighted by Crippen LogP contribution is 2.39. The Morgan fingerprint density at radius 1 is 1.00 bits per heavy atom. The summed E-state index contributed by atoms with van der Waals surface area (Å²) in [7, 11) is 3.17. The maximum Gasteiger partial charge on any atom is 0.258 e. The van der Waals surface area contributed by atoms with Crippen LogP contribution in [0.2, 0.25) is 0 Å². The Hall–Kier alpha value is -3.52. The van der Waals surface area contributed by atoms with E-state index in [0.29, 0.717) is 41.3 Å². The molecule has 4 rings (SSSR count). The van der Waals surface area contributed by atoms with Gasteiger partial charge in [0.15, 0.2) is 11.5 Å². The number of aryl methyl sites for hydroxylation is 1. The molecule has 0 spiro atoms. The molecule has 0 saturated heterocycles. The molecule has 2 aromatic carbocycles. The van der Waals surface area contributed by atoms with Crippen molar-refractivity contribution in [1.82, 2.24) is 4.57 Å². The maximum atomic E-state index is 13.2. The number of rotatable bonds is 3. The van der Waals surface area contributed by atoms with E-state index in [2.05, 4.69) is 6.07 Å². The van der Waals surface area contributed by atoms with E-state index < -0.39 is 0 Å².